The number of non-ortho nitro benzene ring substituents is 1. The first-order valence-electron chi connectivity index (χ1n) is 10.8. The number of ether oxygens (including phenoxy) is 1. The summed E-state index contributed by atoms with van der Waals surface area (Å²) in [6.45, 7) is 2.80. The molecule has 2 amide bonds. The van der Waals surface area contributed by atoms with Gasteiger partial charge in [-0.3, -0.25) is 19.7 Å². The predicted molar refractivity (Wildman–Crippen MR) is 116 cm³/mol. The van der Waals surface area contributed by atoms with Crippen LogP contribution in [0.25, 0.3) is 0 Å². The first-order valence-corrected chi connectivity index (χ1v) is 10.8. The topological polar surface area (TPSA) is 183 Å². The average Bonchev–Trinajstić information content (AvgIpc) is 3.41. The number of aromatic nitrogens is 4. The Morgan fingerprint density at radius 3 is 2.63 bits per heavy atom. The summed E-state index contributed by atoms with van der Waals surface area (Å²) < 4.78 is 6.60. The second-order valence-electron chi connectivity index (χ2n) is 8.41. The van der Waals surface area contributed by atoms with Crippen molar-refractivity contribution in [2.75, 3.05) is 6.61 Å². The third-order valence-corrected chi connectivity index (χ3v) is 6.30. The molecule has 0 radical (unpaired) electrons. The number of rotatable bonds is 9. The Bertz CT molecular complexity index is 1180. The molecule has 35 heavy (non-hydrogen) atoms. The molecule has 1 saturated heterocycles. The van der Waals surface area contributed by atoms with Gasteiger partial charge in [-0.05, 0) is 40.6 Å². The normalized spacial score (nSPS) is 21.9. The van der Waals surface area contributed by atoms with Gasteiger partial charge in [0.1, 0.15) is 25.2 Å². The number of tetrazole rings is 1. The zero-order chi connectivity index (χ0) is 25.3. The van der Waals surface area contributed by atoms with Crippen molar-refractivity contribution in [2.24, 2.45) is 11.8 Å². The molecule has 1 aromatic heterocycles. The van der Waals surface area contributed by atoms with Crippen molar-refractivity contribution in [1.29, 1.82) is 0 Å². The van der Waals surface area contributed by atoms with Crippen LogP contribution in [0.1, 0.15) is 19.4 Å². The summed E-state index contributed by atoms with van der Waals surface area (Å²) in [6.07, 6.45) is 1.30. The molecule has 4 atom stereocenters. The van der Waals surface area contributed by atoms with Gasteiger partial charge in [-0.25, -0.2) is 9.48 Å². The number of esters is 1. The highest BCUT2D eigenvalue weighted by Gasteiger charge is 2.60. The number of nitrogens with zero attached hydrogens (tertiary/aromatic N) is 6. The number of hydrogen-bond acceptors (Lipinski definition) is 10. The lowest BCUT2D eigenvalue weighted by Crippen LogP contribution is -2.66. The van der Waals surface area contributed by atoms with Crippen molar-refractivity contribution in [3.8, 4) is 0 Å². The molecule has 4 rings (SSSR count). The van der Waals surface area contributed by atoms with E-state index in [2.05, 4.69) is 20.8 Å². The van der Waals surface area contributed by atoms with Crippen LogP contribution in [0.2, 0.25) is 0 Å². The summed E-state index contributed by atoms with van der Waals surface area (Å²) in [6, 6.07) is 4.58. The smallest absolute Gasteiger partial charge is 0.355 e. The molecule has 0 bridgehead atoms. The van der Waals surface area contributed by atoms with E-state index in [4.69, 9.17) is 4.74 Å². The summed E-state index contributed by atoms with van der Waals surface area (Å²) in [5.41, 5.74) is 0.825. The number of aliphatic hydroxyl groups excluding tert-OH is 1. The fourth-order valence-electron chi connectivity index (χ4n) is 4.58. The minimum atomic E-state index is -0.774. The third kappa shape index (κ3) is 4.47. The Morgan fingerprint density at radius 1 is 1.31 bits per heavy atom. The number of benzene rings is 1. The van der Waals surface area contributed by atoms with E-state index < -0.39 is 35.5 Å². The zero-order valence-electron chi connectivity index (χ0n) is 18.9. The number of carbonyl (C=O) groups is 3. The molecule has 14 heteroatoms. The van der Waals surface area contributed by atoms with Gasteiger partial charge in [-0.15, -0.1) is 5.10 Å². The fraction of sp³-hybridized carbons (Fsp3) is 0.429. The second kappa shape index (κ2) is 9.58. The number of nitro benzene ring substituents is 1. The SMILES string of the molecule is CC1C(CO)=C(C(=O)OCc2ccc([N+](=O)[O-])cc2)N2C(=O)C([C@@H](C)NC(=O)Cn3cnnn3)C12. The van der Waals surface area contributed by atoms with Gasteiger partial charge >= 0.3 is 5.97 Å². The van der Waals surface area contributed by atoms with Crippen LogP contribution in [0, 0.1) is 22.0 Å². The van der Waals surface area contributed by atoms with Crippen molar-refractivity contribution in [3.63, 3.8) is 0 Å². The quantitative estimate of drug-likeness (QED) is 0.204. The molecule has 0 aliphatic carbocycles. The molecular weight excluding hydrogens is 462 g/mol. The Labute approximate surface area is 198 Å². The van der Waals surface area contributed by atoms with Gasteiger partial charge < -0.3 is 20.1 Å². The van der Waals surface area contributed by atoms with Gasteiger partial charge in [0.15, 0.2) is 0 Å². The summed E-state index contributed by atoms with van der Waals surface area (Å²) in [5.74, 6) is -2.43. The first kappa shape index (κ1) is 23.9. The molecule has 2 aliphatic rings. The Morgan fingerprint density at radius 2 is 2.03 bits per heavy atom. The number of nitrogens with one attached hydrogen (secondary N) is 1. The average molecular weight is 485 g/mol. The molecule has 3 heterocycles. The van der Waals surface area contributed by atoms with Crippen LogP contribution in [0.15, 0.2) is 41.9 Å². The van der Waals surface area contributed by atoms with Gasteiger partial charge in [0.25, 0.3) is 5.69 Å². The molecule has 0 saturated carbocycles. The van der Waals surface area contributed by atoms with E-state index >= 15 is 0 Å². The van der Waals surface area contributed by atoms with Crippen LogP contribution in [0.5, 0.6) is 0 Å². The molecule has 2 aliphatic heterocycles. The molecule has 184 valence electrons. The van der Waals surface area contributed by atoms with E-state index in [9.17, 15) is 29.6 Å². The maximum atomic E-state index is 13.0. The first-order chi connectivity index (χ1) is 16.7. The van der Waals surface area contributed by atoms with Crippen LogP contribution < -0.4 is 5.32 Å². The molecular formula is C21H23N7O7. The van der Waals surface area contributed by atoms with Gasteiger partial charge in [-0.1, -0.05) is 6.92 Å². The minimum Gasteiger partial charge on any atom is -0.456 e. The molecule has 2 N–H and O–H groups in total. The number of amides is 2. The number of nitro groups is 1. The molecule has 2 aromatic rings. The third-order valence-electron chi connectivity index (χ3n) is 6.30. The summed E-state index contributed by atoms with van der Waals surface area (Å²) in [7, 11) is 0. The van der Waals surface area contributed by atoms with Crippen LogP contribution in [0.3, 0.4) is 0 Å². The maximum absolute atomic E-state index is 13.0. The van der Waals surface area contributed by atoms with Gasteiger partial charge in [0, 0.05) is 24.1 Å². The molecule has 1 aromatic carbocycles. The maximum Gasteiger partial charge on any atom is 0.355 e. The van der Waals surface area contributed by atoms with Gasteiger partial charge in [-0.2, -0.15) is 0 Å². The van der Waals surface area contributed by atoms with Crippen LogP contribution in [-0.2, 0) is 32.3 Å². The highest BCUT2D eigenvalue weighted by molar-refractivity contribution is 6.01. The fourth-order valence-corrected chi connectivity index (χ4v) is 4.58. The standard InChI is InChI=1S/C21H23N7O7/c1-11-15(8-29)19(21(32)35-9-13-3-5-14(6-4-13)28(33)34)27-18(11)17(20(27)31)12(2)23-16(30)7-26-10-22-24-25-26/h3-6,10-12,17-18,29H,7-9H2,1-2H3,(H,23,30)/t11?,12-,17?,18?/m1/s1. The van der Waals surface area contributed by atoms with Crippen molar-refractivity contribution in [1.82, 2.24) is 30.4 Å². The van der Waals surface area contributed by atoms with E-state index in [1.807, 2.05) is 0 Å². The van der Waals surface area contributed by atoms with Crippen LogP contribution >= 0.6 is 0 Å². The van der Waals surface area contributed by atoms with Gasteiger partial charge in [0.05, 0.1) is 23.5 Å². The molecule has 3 unspecified atom stereocenters. The van der Waals surface area contributed by atoms with Crippen LogP contribution in [-0.4, -0.2) is 71.6 Å². The molecule has 0 spiro atoms. The van der Waals surface area contributed by atoms with E-state index in [-0.39, 0.29) is 42.3 Å². The number of hydrogen-bond donors (Lipinski definition) is 2. The number of β-lactam (4-membered cyclic amide) rings is 1. The molecule has 1 fully saturated rings. The summed E-state index contributed by atoms with van der Waals surface area (Å²) >= 11 is 0. The van der Waals surface area contributed by atoms with Crippen LogP contribution in [0.4, 0.5) is 5.69 Å². The molecule has 14 nitrogen and oxygen atoms in total. The Hall–Kier alpha value is -4.20. The summed E-state index contributed by atoms with van der Waals surface area (Å²) in [4.78, 5) is 49.8. The lowest BCUT2D eigenvalue weighted by atomic mass is 9.76. The van der Waals surface area contributed by atoms with Crippen molar-refractivity contribution >= 4 is 23.5 Å². The van der Waals surface area contributed by atoms with E-state index in [1.165, 1.54) is 40.2 Å². The van der Waals surface area contributed by atoms with E-state index in [0.29, 0.717) is 11.1 Å². The second-order valence-corrected chi connectivity index (χ2v) is 8.41. The van der Waals surface area contributed by atoms with E-state index in [1.54, 1.807) is 13.8 Å². The number of aliphatic hydroxyl groups is 1. The van der Waals surface area contributed by atoms with E-state index in [0.717, 1.165) is 0 Å². The van der Waals surface area contributed by atoms with Crippen molar-refractivity contribution in [2.45, 2.75) is 39.1 Å². The minimum absolute atomic E-state index is 0.000350. The number of fused-ring (bicyclic) bond motifs is 1. The zero-order valence-corrected chi connectivity index (χ0v) is 18.9. The summed E-state index contributed by atoms with van der Waals surface area (Å²) in [5, 5.41) is 34.0. The van der Waals surface area contributed by atoms with Crippen molar-refractivity contribution in [3.05, 3.63) is 57.5 Å². The lowest BCUT2D eigenvalue weighted by Gasteiger charge is -2.48. The monoisotopic (exact) mass is 485 g/mol. The van der Waals surface area contributed by atoms with Gasteiger partial charge in [0.2, 0.25) is 11.8 Å². The Balaban J connectivity index is 1.41. The van der Waals surface area contributed by atoms with Crippen molar-refractivity contribution < 1.29 is 29.2 Å². The Kier molecular flexibility index (Phi) is 6.55. The highest BCUT2D eigenvalue weighted by Crippen LogP contribution is 2.47. The largest absolute Gasteiger partial charge is 0.456 e. The predicted octanol–water partition coefficient (Wildman–Crippen LogP) is -0.447. The number of carbonyl (C=O) groups excluding carboxylic acids is 3. The lowest BCUT2D eigenvalue weighted by molar-refractivity contribution is -0.384. The highest BCUT2D eigenvalue weighted by atomic mass is 16.6.